The third kappa shape index (κ3) is 3.87. The van der Waals surface area contributed by atoms with Crippen LogP contribution in [0.1, 0.15) is 49.3 Å². The van der Waals surface area contributed by atoms with Crippen molar-refractivity contribution in [1.29, 1.82) is 0 Å². The minimum atomic E-state index is -0.805. The molecule has 0 amide bonds. The van der Waals surface area contributed by atoms with Crippen LogP contribution in [-0.4, -0.2) is 0 Å². The van der Waals surface area contributed by atoms with Gasteiger partial charge < -0.3 is 0 Å². The molecule has 144 valence electrons. The van der Waals surface area contributed by atoms with E-state index in [0.717, 1.165) is 30.4 Å². The highest BCUT2D eigenvalue weighted by Gasteiger charge is 2.17. The number of halogens is 2. The van der Waals surface area contributed by atoms with Crippen LogP contribution in [0.25, 0.3) is 22.3 Å². The molecule has 0 unspecified atom stereocenters. The number of fused-ring (bicyclic) bond motifs is 3. The van der Waals surface area contributed by atoms with Crippen molar-refractivity contribution >= 4 is 0 Å². The lowest BCUT2D eigenvalue weighted by Crippen LogP contribution is -2.05. The maximum atomic E-state index is 13.6. The van der Waals surface area contributed by atoms with E-state index in [1.807, 2.05) is 6.07 Å². The van der Waals surface area contributed by atoms with Crippen LogP contribution in [0.3, 0.4) is 0 Å². The Balaban J connectivity index is 1.58. The monoisotopic (exact) mass is 376 g/mol. The van der Waals surface area contributed by atoms with Crippen LogP contribution in [0, 0.1) is 11.6 Å². The first kappa shape index (κ1) is 18.9. The highest BCUT2D eigenvalue weighted by atomic mass is 19.2. The van der Waals surface area contributed by atoms with Crippen LogP contribution >= 0.6 is 0 Å². The Morgan fingerprint density at radius 1 is 0.679 bits per heavy atom. The predicted molar refractivity (Wildman–Crippen MR) is 112 cm³/mol. The molecule has 0 N–H and O–H groups in total. The van der Waals surface area contributed by atoms with Crippen LogP contribution in [0.5, 0.6) is 0 Å². The van der Waals surface area contributed by atoms with Crippen molar-refractivity contribution in [2.75, 3.05) is 0 Å². The largest absolute Gasteiger partial charge is 0.204 e. The SMILES string of the molecule is CCCCCCc1ccc2c(c1)CCc1cc(-c3ccc(F)c(F)c3)ccc1-2. The zero-order chi connectivity index (χ0) is 19.5. The number of benzene rings is 3. The van der Waals surface area contributed by atoms with Crippen LogP contribution in [0.15, 0.2) is 54.6 Å². The zero-order valence-electron chi connectivity index (χ0n) is 16.4. The molecule has 0 saturated carbocycles. The van der Waals surface area contributed by atoms with Gasteiger partial charge in [-0.3, -0.25) is 0 Å². The minimum Gasteiger partial charge on any atom is -0.204 e. The molecule has 2 heteroatoms. The summed E-state index contributed by atoms with van der Waals surface area (Å²) >= 11 is 0. The second kappa shape index (κ2) is 8.26. The second-order valence-electron chi connectivity index (χ2n) is 7.80. The van der Waals surface area contributed by atoms with Crippen molar-refractivity contribution in [3.63, 3.8) is 0 Å². The second-order valence-corrected chi connectivity index (χ2v) is 7.80. The molecule has 4 rings (SSSR count). The van der Waals surface area contributed by atoms with Gasteiger partial charge in [0.1, 0.15) is 0 Å². The molecule has 0 bridgehead atoms. The lowest BCUT2D eigenvalue weighted by molar-refractivity contribution is 0.509. The highest BCUT2D eigenvalue weighted by Crippen LogP contribution is 2.36. The van der Waals surface area contributed by atoms with Gasteiger partial charge >= 0.3 is 0 Å². The van der Waals surface area contributed by atoms with E-state index in [-0.39, 0.29) is 0 Å². The Labute approximate surface area is 166 Å². The molecule has 0 nitrogen and oxygen atoms in total. The summed E-state index contributed by atoms with van der Waals surface area (Å²) in [5.74, 6) is -1.60. The summed E-state index contributed by atoms with van der Waals surface area (Å²) in [5, 5.41) is 0. The van der Waals surface area contributed by atoms with Crippen molar-refractivity contribution < 1.29 is 8.78 Å². The molecular formula is C26H26F2. The third-order valence-corrected chi connectivity index (χ3v) is 5.80. The molecule has 0 aliphatic heterocycles. The predicted octanol–water partition coefficient (Wildman–Crippen LogP) is 7.52. The molecule has 0 aromatic heterocycles. The fourth-order valence-corrected chi connectivity index (χ4v) is 4.22. The molecule has 0 radical (unpaired) electrons. The average molecular weight is 376 g/mol. The van der Waals surface area contributed by atoms with Crippen LogP contribution in [0.2, 0.25) is 0 Å². The van der Waals surface area contributed by atoms with Gasteiger partial charge in [0.15, 0.2) is 11.6 Å². The summed E-state index contributed by atoms with van der Waals surface area (Å²) in [7, 11) is 0. The molecule has 0 heterocycles. The molecule has 0 atom stereocenters. The van der Waals surface area contributed by atoms with Gasteiger partial charge in [0.05, 0.1) is 0 Å². The van der Waals surface area contributed by atoms with Crippen LogP contribution in [-0.2, 0) is 19.3 Å². The lowest BCUT2D eigenvalue weighted by Gasteiger charge is -2.21. The van der Waals surface area contributed by atoms with E-state index in [4.69, 9.17) is 0 Å². The van der Waals surface area contributed by atoms with Gasteiger partial charge in [0, 0.05) is 0 Å². The Hall–Kier alpha value is -2.48. The standard InChI is InChI=1S/C26H26F2/c1-2-3-4-5-6-18-7-12-23-21(15-18)8-9-22-16-19(10-13-24(22)23)20-11-14-25(27)26(28)17-20/h7,10-17H,2-6,8-9H2,1H3. The summed E-state index contributed by atoms with van der Waals surface area (Å²) in [4.78, 5) is 0. The Bertz CT molecular complexity index is 988. The Kier molecular flexibility index (Phi) is 5.57. The van der Waals surface area contributed by atoms with Crippen molar-refractivity contribution in [1.82, 2.24) is 0 Å². The van der Waals surface area contributed by atoms with E-state index in [2.05, 4.69) is 37.3 Å². The topological polar surface area (TPSA) is 0 Å². The van der Waals surface area contributed by atoms with E-state index in [1.54, 1.807) is 6.07 Å². The molecule has 1 aliphatic carbocycles. The summed E-state index contributed by atoms with van der Waals surface area (Å²) in [6, 6.07) is 17.3. The van der Waals surface area contributed by atoms with E-state index in [1.165, 1.54) is 65.6 Å². The molecule has 0 spiro atoms. The van der Waals surface area contributed by atoms with E-state index in [0.29, 0.717) is 0 Å². The highest BCUT2D eigenvalue weighted by molar-refractivity contribution is 5.77. The Morgan fingerprint density at radius 2 is 1.36 bits per heavy atom. The van der Waals surface area contributed by atoms with Gasteiger partial charge in [-0.15, -0.1) is 0 Å². The molecule has 0 saturated heterocycles. The van der Waals surface area contributed by atoms with Gasteiger partial charge in [-0.2, -0.15) is 0 Å². The third-order valence-electron chi connectivity index (χ3n) is 5.80. The Morgan fingerprint density at radius 3 is 2.11 bits per heavy atom. The quantitative estimate of drug-likeness (QED) is 0.390. The van der Waals surface area contributed by atoms with E-state index in [9.17, 15) is 8.78 Å². The first-order valence-corrected chi connectivity index (χ1v) is 10.4. The van der Waals surface area contributed by atoms with Gasteiger partial charge in [0.25, 0.3) is 0 Å². The van der Waals surface area contributed by atoms with Crippen molar-refractivity contribution in [2.45, 2.75) is 51.9 Å². The van der Waals surface area contributed by atoms with Crippen molar-refractivity contribution in [3.8, 4) is 22.3 Å². The summed E-state index contributed by atoms with van der Waals surface area (Å²) in [6.07, 6.45) is 8.34. The van der Waals surface area contributed by atoms with Gasteiger partial charge in [0.2, 0.25) is 0 Å². The molecule has 3 aromatic carbocycles. The average Bonchev–Trinajstić information content (AvgIpc) is 2.72. The molecule has 1 aliphatic rings. The minimum absolute atomic E-state index is 0.718. The zero-order valence-corrected chi connectivity index (χ0v) is 16.4. The summed E-state index contributed by atoms with van der Waals surface area (Å²) in [6.45, 7) is 2.24. The molecule has 3 aromatic rings. The number of rotatable bonds is 6. The summed E-state index contributed by atoms with van der Waals surface area (Å²) < 4.78 is 26.8. The molecule has 28 heavy (non-hydrogen) atoms. The van der Waals surface area contributed by atoms with E-state index >= 15 is 0 Å². The summed E-state index contributed by atoms with van der Waals surface area (Å²) in [5.41, 5.74) is 8.40. The van der Waals surface area contributed by atoms with Crippen molar-refractivity contribution in [2.24, 2.45) is 0 Å². The fourth-order valence-electron chi connectivity index (χ4n) is 4.22. The lowest BCUT2D eigenvalue weighted by atomic mass is 9.83. The normalized spacial score (nSPS) is 12.5. The van der Waals surface area contributed by atoms with Gasteiger partial charge in [-0.25, -0.2) is 8.78 Å². The number of hydrogen-bond acceptors (Lipinski definition) is 0. The smallest absolute Gasteiger partial charge is 0.159 e. The van der Waals surface area contributed by atoms with Gasteiger partial charge in [-0.05, 0) is 76.8 Å². The number of aryl methyl sites for hydroxylation is 3. The van der Waals surface area contributed by atoms with Crippen molar-refractivity contribution in [3.05, 3.63) is 82.9 Å². The number of hydrogen-bond donors (Lipinski definition) is 0. The molecule has 0 fully saturated rings. The fraction of sp³-hybridized carbons (Fsp3) is 0.308. The maximum Gasteiger partial charge on any atom is 0.159 e. The first-order valence-electron chi connectivity index (χ1n) is 10.4. The van der Waals surface area contributed by atoms with Crippen LogP contribution in [0.4, 0.5) is 8.78 Å². The first-order chi connectivity index (χ1) is 13.7. The van der Waals surface area contributed by atoms with Gasteiger partial charge in [-0.1, -0.05) is 68.7 Å². The molecular weight excluding hydrogens is 350 g/mol. The number of unbranched alkanes of at least 4 members (excludes halogenated alkanes) is 3. The van der Waals surface area contributed by atoms with E-state index < -0.39 is 11.6 Å². The van der Waals surface area contributed by atoms with Crippen LogP contribution < -0.4 is 0 Å². The maximum absolute atomic E-state index is 13.6.